The Hall–Kier alpha value is -2.65. The largest absolute Gasteiger partial charge is 0.372 e. The monoisotopic (exact) mass is 507 g/mol. The standard InChI is InChI=1S/C27H37N7OS/c1-20-7-11-31(12-8-20)23-5-3-21(4-6-23)24-19-34-26(28-24)36-27(29-34)33-13-9-22(10-14-33)25(35)32-17-15-30(2)16-18-32/h3-6,19-20,22H,7-18H2,1-2H3. The molecular formula is C27H37N7OS. The molecule has 3 saturated heterocycles. The zero-order valence-electron chi connectivity index (χ0n) is 21.5. The molecule has 192 valence electrons. The van der Waals surface area contributed by atoms with Crippen molar-refractivity contribution in [2.45, 2.75) is 32.6 Å². The van der Waals surface area contributed by atoms with Crippen molar-refractivity contribution in [1.29, 1.82) is 0 Å². The first-order valence-electron chi connectivity index (χ1n) is 13.5. The summed E-state index contributed by atoms with van der Waals surface area (Å²) >= 11 is 1.64. The van der Waals surface area contributed by atoms with Crippen LogP contribution in [0.15, 0.2) is 30.5 Å². The van der Waals surface area contributed by atoms with Gasteiger partial charge in [-0.05, 0) is 50.8 Å². The van der Waals surface area contributed by atoms with Gasteiger partial charge in [-0.15, -0.1) is 5.10 Å². The van der Waals surface area contributed by atoms with Gasteiger partial charge in [-0.2, -0.15) is 0 Å². The Morgan fingerprint density at radius 2 is 1.56 bits per heavy atom. The molecule has 0 atom stereocenters. The molecular weight excluding hydrogens is 470 g/mol. The lowest BCUT2D eigenvalue weighted by atomic mass is 9.95. The number of carbonyl (C=O) groups excluding carboxylic acids is 1. The Labute approximate surface area is 217 Å². The molecule has 0 N–H and O–H groups in total. The van der Waals surface area contributed by atoms with E-state index in [2.05, 4.69) is 57.8 Å². The molecule has 0 saturated carbocycles. The number of fused-ring (bicyclic) bond motifs is 1. The molecule has 1 amide bonds. The number of nitrogens with zero attached hydrogens (tertiary/aromatic N) is 7. The number of piperidine rings is 2. The second-order valence-corrected chi connectivity index (χ2v) is 11.8. The van der Waals surface area contributed by atoms with Gasteiger partial charge in [0.25, 0.3) is 0 Å². The van der Waals surface area contributed by atoms with Gasteiger partial charge in [-0.25, -0.2) is 9.50 Å². The zero-order chi connectivity index (χ0) is 24.6. The van der Waals surface area contributed by atoms with Crippen molar-refractivity contribution < 1.29 is 4.79 Å². The number of aromatic nitrogens is 3. The summed E-state index contributed by atoms with van der Waals surface area (Å²) in [5, 5.41) is 5.84. The third kappa shape index (κ3) is 4.83. The molecule has 0 bridgehead atoms. The van der Waals surface area contributed by atoms with E-state index in [1.807, 2.05) is 10.7 Å². The fourth-order valence-corrected chi connectivity index (χ4v) is 6.60. The van der Waals surface area contributed by atoms with Crippen LogP contribution in [0.2, 0.25) is 0 Å². The lowest BCUT2D eigenvalue weighted by Gasteiger charge is -2.37. The van der Waals surface area contributed by atoms with Crippen molar-refractivity contribution in [3.8, 4) is 11.3 Å². The van der Waals surface area contributed by atoms with E-state index in [1.165, 1.54) is 18.5 Å². The van der Waals surface area contributed by atoms with Crippen molar-refractivity contribution in [3.63, 3.8) is 0 Å². The van der Waals surface area contributed by atoms with Crippen molar-refractivity contribution in [3.05, 3.63) is 30.5 Å². The Morgan fingerprint density at radius 1 is 0.889 bits per heavy atom. The van der Waals surface area contributed by atoms with Crippen LogP contribution in [0.5, 0.6) is 0 Å². The molecule has 0 aliphatic carbocycles. The summed E-state index contributed by atoms with van der Waals surface area (Å²) in [6, 6.07) is 8.82. The molecule has 5 heterocycles. The molecule has 6 rings (SSSR count). The van der Waals surface area contributed by atoms with Gasteiger partial charge in [0.05, 0.1) is 11.9 Å². The highest BCUT2D eigenvalue weighted by atomic mass is 32.1. The van der Waals surface area contributed by atoms with E-state index in [-0.39, 0.29) is 5.92 Å². The maximum absolute atomic E-state index is 13.0. The van der Waals surface area contributed by atoms with Gasteiger partial charge in [0.15, 0.2) is 0 Å². The van der Waals surface area contributed by atoms with Crippen LogP contribution < -0.4 is 9.80 Å². The summed E-state index contributed by atoms with van der Waals surface area (Å²) in [7, 11) is 2.13. The summed E-state index contributed by atoms with van der Waals surface area (Å²) in [6.45, 7) is 10.1. The number of anilines is 2. The van der Waals surface area contributed by atoms with Crippen LogP contribution in [-0.4, -0.2) is 89.7 Å². The highest BCUT2D eigenvalue weighted by Crippen LogP contribution is 2.31. The number of rotatable bonds is 4. The lowest BCUT2D eigenvalue weighted by Crippen LogP contribution is -2.50. The van der Waals surface area contributed by atoms with E-state index in [0.717, 1.165) is 92.5 Å². The predicted molar refractivity (Wildman–Crippen MR) is 146 cm³/mol. The topological polar surface area (TPSA) is 60.2 Å². The molecule has 0 radical (unpaired) electrons. The minimum absolute atomic E-state index is 0.150. The Bertz CT molecular complexity index is 1150. The predicted octanol–water partition coefficient (Wildman–Crippen LogP) is 3.68. The summed E-state index contributed by atoms with van der Waals surface area (Å²) < 4.78 is 1.91. The molecule has 3 aliphatic rings. The third-order valence-corrected chi connectivity index (χ3v) is 9.26. The lowest BCUT2D eigenvalue weighted by molar-refractivity contribution is -0.137. The van der Waals surface area contributed by atoms with E-state index in [9.17, 15) is 4.79 Å². The average Bonchev–Trinajstić information content (AvgIpc) is 3.49. The summed E-state index contributed by atoms with van der Waals surface area (Å²) in [5.74, 6) is 1.34. The van der Waals surface area contributed by atoms with Crippen LogP contribution in [-0.2, 0) is 4.79 Å². The van der Waals surface area contributed by atoms with Crippen molar-refractivity contribution in [2.24, 2.45) is 11.8 Å². The average molecular weight is 508 g/mol. The quantitative estimate of drug-likeness (QED) is 0.537. The van der Waals surface area contributed by atoms with Gasteiger partial charge in [-0.3, -0.25) is 4.79 Å². The normalized spacial score (nSPS) is 21.0. The van der Waals surface area contributed by atoms with Gasteiger partial charge in [0.1, 0.15) is 0 Å². The van der Waals surface area contributed by atoms with Gasteiger partial charge >= 0.3 is 0 Å². The van der Waals surface area contributed by atoms with Crippen LogP contribution in [0.3, 0.4) is 0 Å². The first-order valence-corrected chi connectivity index (χ1v) is 14.3. The van der Waals surface area contributed by atoms with E-state index in [4.69, 9.17) is 10.1 Å². The number of imidazole rings is 1. The van der Waals surface area contributed by atoms with Crippen molar-refractivity contribution in [2.75, 3.05) is 69.2 Å². The molecule has 0 spiro atoms. The second kappa shape index (κ2) is 10.0. The fourth-order valence-electron chi connectivity index (χ4n) is 5.67. The van der Waals surface area contributed by atoms with Crippen LogP contribution in [0, 0.1) is 11.8 Å². The van der Waals surface area contributed by atoms with Crippen LogP contribution in [0.4, 0.5) is 10.8 Å². The minimum Gasteiger partial charge on any atom is -0.372 e. The molecule has 8 nitrogen and oxygen atoms in total. The van der Waals surface area contributed by atoms with Gasteiger partial charge in [0.2, 0.25) is 16.0 Å². The molecule has 3 aliphatic heterocycles. The van der Waals surface area contributed by atoms with E-state index < -0.39 is 0 Å². The molecule has 1 aromatic carbocycles. The first-order chi connectivity index (χ1) is 17.5. The van der Waals surface area contributed by atoms with Crippen molar-refractivity contribution >= 4 is 33.0 Å². The Morgan fingerprint density at radius 3 is 2.22 bits per heavy atom. The molecule has 3 aromatic rings. The number of piperazine rings is 1. The number of likely N-dealkylation sites (N-methyl/N-ethyl adjacent to an activating group) is 1. The molecule has 3 fully saturated rings. The fraction of sp³-hybridized carbons (Fsp3) is 0.593. The third-order valence-electron chi connectivity index (χ3n) is 8.27. The maximum Gasteiger partial charge on any atom is 0.225 e. The SMILES string of the molecule is CC1CCN(c2ccc(-c3cn4nc(N5CCC(C(=O)N6CCN(C)CC6)CC5)sc4n3)cc2)CC1. The van der Waals surface area contributed by atoms with Gasteiger partial charge in [0, 0.05) is 69.5 Å². The molecule has 9 heteroatoms. The van der Waals surface area contributed by atoms with Crippen molar-refractivity contribution in [1.82, 2.24) is 24.4 Å². The number of amides is 1. The first kappa shape index (κ1) is 23.7. The highest BCUT2D eigenvalue weighted by molar-refractivity contribution is 7.20. The molecule has 0 unspecified atom stereocenters. The van der Waals surface area contributed by atoms with E-state index in [1.54, 1.807) is 11.3 Å². The smallest absolute Gasteiger partial charge is 0.225 e. The maximum atomic E-state index is 13.0. The van der Waals surface area contributed by atoms with Crippen LogP contribution in [0.1, 0.15) is 32.6 Å². The minimum atomic E-state index is 0.150. The number of benzene rings is 1. The van der Waals surface area contributed by atoms with Gasteiger partial charge in [-0.1, -0.05) is 30.4 Å². The van der Waals surface area contributed by atoms with E-state index in [0.29, 0.717) is 5.91 Å². The number of hydrogen-bond donors (Lipinski definition) is 0. The summed E-state index contributed by atoms with van der Waals surface area (Å²) in [5.41, 5.74) is 3.41. The van der Waals surface area contributed by atoms with Gasteiger partial charge < -0.3 is 19.6 Å². The highest BCUT2D eigenvalue weighted by Gasteiger charge is 2.31. The molecule has 2 aromatic heterocycles. The summed E-state index contributed by atoms with van der Waals surface area (Å²) in [4.78, 5) is 27.9. The van der Waals surface area contributed by atoms with Crippen LogP contribution in [0.25, 0.3) is 16.2 Å². The van der Waals surface area contributed by atoms with E-state index >= 15 is 0 Å². The Kier molecular flexibility index (Phi) is 6.60. The Balaban J connectivity index is 1.07. The number of carbonyl (C=O) groups is 1. The summed E-state index contributed by atoms with van der Waals surface area (Å²) in [6.07, 6.45) is 6.40. The number of hydrogen-bond acceptors (Lipinski definition) is 7. The zero-order valence-corrected chi connectivity index (χ0v) is 22.3. The molecule has 36 heavy (non-hydrogen) atoms. The van der Waals surface area contributed by atoms with Crippen LogP contribution >= 0.6 is 11.3 Å². The second-order valence-electron chi connectivity index (χ2n) is 10.8.